The predicted molar refractivity (Wildman–Crippen MR) is 100 cm³/mol. The first-order valence-electron chi connectivity index (χ1n) is 8.98. The number of hydrogen-bond acceptors (Lipinski definition) is 6. The van der Waals surface area contributed by atoms with Gasteiger partial charge < -0.3 is 19.0 Å². The van der Waals surface area contributed by atoms with Crippen LogP contribution < -0.4 is 4.74 Å². The van der Waals surface area contributed by atoms with Gasteiger partial charge in [0.05, 0.1) is 7.11 Å². The van der Waals surface area contributed by atoms with Crippen molar-refractivity contribution in [3.05, 3.63) is 28.2 Å². The first-order valence-corrected chi connectivity index (χ1v) is 9.77. The van der Waals surface area contributed by atoms with Crippen molar-refractivity contribution in [3.8, 4) is 5.75 Å². The van der Waals surface area contributed by atoms with Crippen molar-refractivity contribution in [2.24, 2.45) is 11.1 Å². The maximum atomic E-state index is 12.2. The molecule has 2 unspecified atom stereocenters. The lowest BCUT2D eigenvalue weighted by atomic mass is 9.81. The van der Waals surface area contributed by atoms with E-state index in [0.29, 0.717) is 37.0 Å². The Bertz CT molecular complexity index is 674. The van der Waals surface area contributed by atoms with E-state index in [-0.39, 0.29) is 12.1 Å². The number of oxime groups is 1. The van der Waals surface area contributed by atoms with Crippen LogP contribution in [0.3, 0.4) is 0 Å². The lowest BCUT2D eigenvalue weighted by Crippen LogP contribution is -2.33. The van der Waals surface area contributed by atoms with Crippen molar-refractivity contribution in [2.75, 3.05) is 20.3 Å². The predicted octanol–water partition coefficient (Wildman–Crippen LogP) is 3.70. The summed E-state index contributed by atoms with van der Waals surface area (Å²) >= 11 is 3.49. The number of benzene rings is 1. The summed E-state index contributed by atoms with van der Waals surface area (Å²) in [6.07, 6.45) is 3.28. The monoisotopic (exact) mass is 425 g/mol. The van der Waals surface area contributed by atoms with E-state index in [1.54, 1.807) is 0 Å². The van der Waals surface area contributed by atoms with Crippen LogP contribution in [0.25, 0.3) is 0 Å². The molecule has 0 radical (unpaired) electrons. The molecular weight excluding hydrogens is 402 g/mol. The maximum Gasteiger partial charge on any atom is 0.347 e. The van der Waals surface area contributed by atoms with Gasteiger partial charge in [-0.25, -0.2) is 4.79 Å². The third kappa shape index (κ3) is 4.38. The third-order valence-corrected chi connectivity index (χ3v) is 5.28. The number of carbonyl (C=O) groups excluding carboxylic acids is 1. The molecule has 1 aromatic rings. The minimum Gasteiger partial charge on any atom is -0.478 e. The number of carbonyl (C=O) groups is 1. The van der Waals surface area contributed by atoms with Crippen LogP contribution in [0, 0.1) is 5.92 Å². The van der Waals surface area contributed by atoms with Gasteiger partial charge in [-0.3, -0.25) is 0 Å². The van der Waals surface area contributed by atoms with E-state index in [9.17, 15) is 4.79 Å². The molecule has 26 heavy (non-hydrogen) atoms. The third-order valence-electron chi connectivity index (χ3n) is 4.78. The van der Waals surface area contributed by atoms with Gasteiger partial charge in [0.2, 0.25) is 0 Å². The number of esters is 1. The van der Waals surface area contributed by atoms with E-state index in [2.05, 4.69) is 21.1 Å². The molecule has 0 bridgehead atoms. The number of hydrogen-bond donors (Lipinski definition) is 0. The van der Waals surface area contributed by atoms with Crippen LogP contribution in [0.15, 0.2) is 27.8 Å². The van der Waals surface area contributed by atoms with E-state index in [0.717, 1.165) is 22.9 Å². The molecule has 1 fully saturated rings. The summed E-state index contributed by atoms with van der Waals surface area (Å²) in [6.45, 7) is 2.86. The van der Waals surface area contributed by atoms with Gasteiger partial charge in [-0.2, -0.15) is 0 Å². The molecule has 0 spiro atoms. The van der Waals surface area contributed by atoms with Crippen molar-refractivity contribution in [1.29, 1.82) is 0 Å². The SMILES string of the molecule is CCOC1CON=C1c1cc(Br)ccc1OC(CC1CCC1)C(=O)OC. The van der Waals surface area contributed by atoms with Crippen LogP contribution in [0.5, 0.6) is 5.75 Å². The summed E-state index contributed by atoms with van der Waals surface area (Å²) in [6, 6.07) is 5.62. The molecule has 1 aliphatic heterocycles. The van der Waals surface area contributed by atoms with Gasteiger partial charge in [0, 0.05) is 16.6 Å². The molecule has 0 aromatic heterocycles. The number of halogens is 1. The molecule has 0 amide bonds. The highest BCUT2D eigenvalue weighted by atomic mass is 79.9. The second kappa shape index (κ2) is 8.86. The van der Waals surface area contributed by atoms with Crippen LogP contribution in [0.2, 0.25) is 0 Å². The van der Waals surface area contributed by atoms with E-state index in [1.807, 2.05) is 25.1 Å². The molecule has 142 valence electrons. The smallest absolute Gasteiger partial charge is 0.347 e. The number of nitrogens with zero attached hydrogens (tertiary/aromatic N) is 1. The zero-order valence-electron chi connectivity index (χ0n) is 15.1. The largest absolute Gasteiger partial charge is 0.478 e. The molecule has 1 heterocycles. The van der Waals surface area contributed by atoms with Crippen LogP contribution in [-0.4, -0.2) is 44.2 Å². The Kier molecular flexibility index (Phi) is 6.53. The Hall–Kier alpha value is -1.60. The fourth-order valence-corrected chi connectivity index (χ4v) is 3.54. The second-order valence-corrected chi connectivity index (χ2v) is 7.43. The average Bonchev–Trinajstić information content (AvgIpc) is 3.05. The normalized spacial score (nSPS) is 20.7. The lowest BCUT2D eigenvalue weighted by molar-refractivity contribution is -0.150. The molecular formula is C19H24BrNO5. The van der Waals surface area contributed by atoms with Gasteiger partial charge >= 0.3 is 5.97 Å². The minimum absolute atomic E-state index is 0.250. The summed E-state index contributed by atoms with van der Waals surface area (Å²) < 4.78 is 17.7. The van der Waals surface area contributed by atoms with E-state index >= 15 is 0 Å². The summed E-state index contributed by atoms with van der Waals surface area (Å²) in [5.74, 6) is 0.745. The standard InChI is InChI=1S/C19H24BrNO5/c1-3-24-17-11-25-21-18(17)14-10-13(20)7-8-15(14)26-16(19(22)23-2)9-12-5-4-6-12/h7-8,10,12,16-17H,3-6,9,11H2,1-2H3. The highest BCUT2D eigenvalue weighted by Crippen LogP contribution is 2.34. The van der Waals surface area contributed by atoms with Gasteiger partial charge in [-0.05, 0) is 37.5 Å². The molecule has 3 rings (SSSR count). The van der Waals surface area contributed by atoms with Crippen molar-refractivity contribution in [2.45, 2.75) is 44.8 Å². The van der Waals surface area contributed by atoms with Gasteiger partial charge in [0.15, 0.2) is 6.10 Å². The van der Waals surface area contributed by atoms with E-state index in [4.69, 9.17) is 19.0 Å². The van der Waals surface area contributed by atoms with Crippen LogP contribution in [0.4, 0.5) is 0 Å². The molecule has 1 aliphatic carbocycles. The van der Waals surface area contributed by atoms with E-state index in [1.165, 1.54) is 13.5 Å². The highest BCUT2D eigenvalue weighted by Gasteiger charge is 2.32. The summed E-state index contributed by atoms with van der Waals surface area (Å²) in [4.78, 5) is 17.5. The van der Waals surface area contributed by atoms with Gasteiger partial charge in [-0.1, -0.05) is 40.3 Å². The number of ether oxygens (including phenoxy) is 3. The van der Waals surface area contributed by atoms with Crippen molar-refractivity contribution in [1.82, 2.24) is 0 Å². The molecule has 0 N–H and O–H groups in total. The average molecular weight is 426 g/mol. The quantitative estimate of drug-likeness (QED) is 0.594. The molecule has 1 aromatic carbocycles. The highest BCUT2D eigenvalue weighted by molar-refractivity contribution is 9.10. The summed E-state index contributed by atoms with van der Waals surface area (Å²) in [7, 11) is 1.39. The molecule has 0 saturated heterocycles. The zero-order chi connectivity index (χ0) is 18.5. The second-order valence-electron chi connectivity index (χ2n) is 6.52. The summed E-state index contributed by atoms with van der Waals surface area (Å²) in [5.41, 5.74) is 1.44. The van der Waals surface area contributed by atoms with Gasteiger partial charge in [0.1, 0.15) is 24.2 Å². The van der Waals surface area contributed by atoms with Gasteiger partial charge in [0.25, 0.3) is 0 Å². The maximum absolute atomic E-state index is 12.2. The Morgan fingerprint density at radius 2 is 2.23 bits per heavy atom. The fraction of sp³-hybridized carbons (Fsp3) is 0.579. The van der Waals surface area contributed by atoms with Crippen molar-refractivity contribution >= 4 is 27.6 Å². The van der Waals surface area contributed by atoms with Crippen molar-refractivity contribution in [3.63, 3.8) is 0 Å². The van der Waals surface area contributed by atoms with Gasteiger partial charge in [-0.15, -0.1) is 0 Å². The fourth-order valence-electron chi connectivity index (χ4n) is 3.18. The Balaban J connectivity index is 1.85. The molecule has 1 saturated carbocycles. The number of methoxy groups -OCH3 is 1. The number of rotatable bonds is 8. The van der Waals surface area contributed by atoms with E-state index < -0.39 is 6.10 Å². The van der Waals surface area contributed by atoms with Crippen LogP contribution in [-0.2, 0) is 19.1 Å². The molecule has 2 aliphatic rings. The van der Waals surface area contributed by atoms with Crippen LogP contribution >= 0.6 is 15.9 Å². The minimum atomic E-state index is -0.626. The van der Waals surface area contributed by atoms with Crippen LogP contribution in [0.1, 0.15) is 38.2 Å². The Morgan fingerprint density at radius 1 is 1.42 bits per heavy atom. The lowest BCUT2D eigenvalue weighted by Gasteiger charge is -2.29. The summed E-state index contributed by atoms with van der Waals surface area (Å²) in [5, 5.41) is 4.14. The first-order chi connectivity index (χ1) is 12.6. The molecule has 2 atom stereocenters. The topological polar surface area (TPSA) is 66.3 Å². The zero-order valence-corrected chi connectivity index (χ0v) is 16.7. The first kappa shape index (κ1) is 19.2. The molecule has 7 heteroatoms. The molecule has 6 nitrogen and oxygen atoms in total. The van der Waals surface area contributed by atoms with Crippen molar-refractivity contribution < 1.29 is 23.8 Å². The Morgan fingerprint density at radius 3 is 2.88 bits per heavy atom. The Labute approximate surface area is 161 Å².